The monoisotopic (exact) mass is 252 g/mol. The molecule has 2 atom stereocenters. The van der Waals surface area contributed by atoms with Crippen LogP contribution in [-0.4, -0.2) is 13.2 Å². The summed E-state index contributed by atoms with van der Waals surface area (Å²) < 4.78 is 11.4. The highest BCUT2D eigenvalue weighted by Gasteiger charge is 2.61. The standard InChI is InChI=1S/C17H16O2/c1-18-14-8-9-15-12(11-14)7-10-16-17(15,19-16)13-5-3-2-4-6-13/h2-6,8-9,11,16H,7,10H2,1H3. The minimum Gasteiger partial charge on any atom is -0.497 e. The normalized spacial score (nSPS) is 27.3. The average Bonchev–Trinajstić information content (AvgIpc) is 3.23. The average molecular weight is 252 g/mol. The van der Waals surface area contributed by atoms with Crippen LogP contribution in [0.3, 0.4) is 0 Å². The first-order chi connectivity index (χ1) is 9.34. The molecular formula is C17H16O2. The summed E-state index contributed by atoms with van der Waals surface area (Å²) >= 11 is 0. The molecule has 0 N–H and O–H groups in total. The summed E-state index contributed by atoms with van der Waals surface area (Å²) in [6, 6.07) is 16.9. The van der Waals surface area contributed by atoms with Crippen molar-refractivity contribution in [2.24, 2.45) is 0 Å². The molecule has 2 aliphatic rings. The van der Waals surface area contributed by atoms with Crippen molar-refractivity contribution in [3.63, 3.8) is 0 Å². The van der Waals surface area contributed by atoms with E-state index in [9.17, 15) is 0 Å². The zero-order valence-electron chi connectivity index (χ0n) is 10.9. The van der Waals surface area contributed by atoms with E-state index in [0.717, 1.165) is 18.6 Å². The van der Waals surface area contributed by atoms with Gasteiger partial charge < -0.3 is 9.47 Å². The van der Waals surface area contributed by atoms with E-state index < -0.39 is 0 Å². The number of methoxy groups -OCH3 is 1. The van der Waals surface area contributed by atoms with Gasteiger partial charge in [-0.1, -0.05) is 36.4 Å². The highest BCUT2D eigenvalue weighted by molar-refractivity contribution is 5.51. The molecule has 0 saturated carbocycles. The minimum absolute atomic E-state index is 0.193. The lowest BCUT2D eigenvalue weighted by Crippen LogP contribution is -2.21. The van der Waals surface area contributed by atoms with Gasteiger partial charge in [-0.15, -0.1) is 0 Å². The van der Waals surface area contributed by atoms with Crippen molar-refractivity contribution in [1.29, 1.82) is 0 Å². The van der Waals surface area contributed by atoms with Gasteiger partial charge in [0.25, 0.3) is 0 Å². The Morgan fingerprint density at radius 1 is 1.16 bits per heavy atom. The van der Waals surface area contributed by atoms with Crippen LogP contribution in [0.4, 0.5) is 0 Å². The van der Waals surface area contributed by atoms with Crippen molar-refractivity contribution in [1.82, 2.24) is 0 Å². The number of epoxide rings is 1. The molecule has 1 aliphatic carbocycles. The largest absolute Gasteiger partial charge is 0.497 e. The Bertz CT molecular complexity index is 620. The van der Waals surface area contributed by atoms with Gasteiger partial charge in [-0.25, -0.2) is 0 Å². The topological polar surface area (TPSA) is 21.8 Å². The van der Waals surface area contributed by atoms with Crippen molar-refractivity contribution >= 4 is 0 Å². The Morgan fingerprint density at radius 2 is 2.00 bits per heavy atom. The summed E-state index contributed by atoms with van der Waals surface area (Å²) in [4.78, 5) is 0. The SMILES string of the molecule is COc1ccc2c(c1)CCC1OC21c1ccccc1. The number of aryl methyl sites for hydroxylation is 1. The Balaban J connectivity index is 1.87. The van der Waals surface area contributed by atoms with Gasteiger partial charge in [0.15, 0.2) is 0 Å². The van der Waals surface area contributed by atoms with Crippen LogP contribution < -0.4 is 4.74 Å². The molecule has 4 rings (SSSR count). The van der Waals surface area contributed by atoms with Gasteiger partial charge in [-0.3, -0.25) is 0 Å². The molecule has 2 nitrogen and oxygen atoms in total. The lowest BCUT2D eigenvalue weighted by molar-refractivity contribution is 0.329. The van der Waals surface area contributed by atoms with E-state index in [-0.39, 0.29) is 5.60 Å². The molecule has 96 valence electrons. The lowest BCUT2D eigenvalue weighted by atomic mass is 9.78. The number of hydrogen-bond donors (Lipinski definition) is 0. The third kappa shape index (κ3) is 1.47. The Labute approximate surface area is 113 Å². The second kappa shape index (κ2) is 3.84. The molecule has 19 heavy (non-hydrogen) atoms. The van der Waals surface area contributed by atoms with Crippen molar-refractivity contribution < 1.29 is 9.47 Å². The number of benzene rings is 2. The van der Waals surface area contributed by atoms with E-state index in [2.05, 4.69) is 42.5 Å². The minimum atomic E-state index is -0.193. The van der Waals surface area contributed by atoms with E-state index in [1.54, 1.807) is 7.11 Å². The maximum Gasteiger partial charge on any atom is 0.145 e. The summed E-state index contributed by atoms with van der Waals surface area (Å²) in [7, 11) is 1.72. The quantitative estimate of drug-likeness (QED) is 0.765. The molecule has 2 unspecified atom stereocenters. The van der Waals surface area contributed by atoms with Crippen molar-refractivity contribution in [2.45, 2.75) is 24.5 Å². The van der Waals surface area contributed by atoms with Gasteiger partial charge >= 0.3 is 0 Å². The summed E-state index contributed by atoms with van der Waals surface area (Å²) in [5, 5.41) is 0. The van der Waals surface area contributed by atoms with Gasteiger partial charge in [0, 0.05) is 0 Å². The Morgan fingerprint density at radius 3 is 2.79 bits per heavy atom. The van der Waals surface area contributed by atoms with E-state index >= 15 is 0 Å². The molecule has 0 aromatic heterocycles. The fourth-order valence-electron chi connectivity index (χ4n) is 3.34. The smallest absolute Gasteiger partial charge is 0.145 e. The predicted octanol–water partition coefficient (Wildman–Crippen LogP) is 3.28. The molecule has 0 amide bonds. The highest BCUT2D eigenvalue weighted by Crippen LogP contribution is 2.57. The molecule has 1 aliphatic heterocycles. The first-order valence-electron chi connectivity index (χ1n) is 6.75. The Kier molecular flexibility index (Phi) is 2.24. The predicted molar refractivity (Wildman–Crippen MR) is 73.4 cm³/mol. The first-order valence-corrected chi connectivity index (χ1v) is 6.75. The van der Waals surface area contributed by atoms with Gasteiger partial charge in [0.2, 0.25) is 0 Å². The Hall–Kier alpha value is -1.80. The van der Waals surface area contributed by atoms with Gasteiger partial charge in [0.1, 0.15) is 11.4 Å². The third-order valence-electron chi connectivity index (χ3n) is 4.32. The first kappa shape index (κ1) is 11.1. The number of fused-ring (bicyclic) bond motifs is 3. The lowest BCUT2D eigenvalue weighted by Gasteiger charge is -2.22. The number of ether oxygens (including phenoxy) is 2. The van der Waals surface area contributed by atoms with E-state index in [4.69, 9.17) is 9.47 Å². The second-order valence-corrected chi connectivity index (χ2v) is 5.27. The molecule has 0 spiro atoms. The number of hydrogen-bond acceptors (Lipinski definition) is 2. The maximum absolute atomic E-state index is 6.11. The highest BCUT2D eigenvalue weighted by atomic mass is 16.6. The summed E-state index contributed by atoms with van der Waals surface area (Å²) in [5.41, 5.74) is 3.75. The zero-order valence-corrected chi connectivity index (χ0v) is 10.9. The van der Waals surface area contributed by atoms with E-state index in [1.165, 1.54) is 16.7 Å². The van der Waals surface area contributed by atoms with Crippen LogP contribution in [0.5, 0.6) is 5.75 Å². The number of rotatable bonds is 2. The van der Waals surface area contributed by atoms with Crippen molar-refractivity contribution in [3.05, 3.63) is 65.2 Å². The summed E-state index contributed by atoms with van der Waals surface area (Å²) in [5.74, 6) is 0.932. The molecule has 0 radical (unpaired) electrons. The summed E-state index contributed by atoms with van der Waals surface area (Å²) in [6.07, 6.45) is 2.51. The van der Waals surface area contributed by atoms with E-state index in [1.807, 2.05) is 6.07 Å². The third-order valence-corrected chi connectivity index (χ3v) is 4.32. The molecule has 1 heterocycles. The molecule has 1 fully saturated rings. The molecule has 2 aromatic carbocycles. The van der Waals surface area contributed by atoms with Crippen LogP contribution in [0.2, 0.25) is 0 Å². The van der Waals surface area contributed by atoms with Crippen LogP contribution in [0.15, 0.2) is 48.5 Å². The molecular weight excluding hydrogens is 236 g/mol. The van der Waals surface area contributed by atoms with Crippen LogP contribution >= 0.6 is 0 Å². The molecule has 1 saturated heterocycles. The second-order valence-electron chi connectivity index (χ2n) is 5.27. The van der Waals surface area contributed by atoms with Crippen molar-refractivity contribution in [3.8, 4) is 5.75 Å². The van der Waals surface area contributed by atoms with Crippen LogP contribution in [0.1, 0.15) is 23.1 Å². The van der Waals surface area contributed by atoms with Crippen LogP contribution in [0.25, 0.3) is 0 Å². The van der Waals surface area contributed by atoms with Gasteiger partial charge in [0.05, 0.1) is 13.2 Å². The van der Waals surface area contributed by atoms with E-state index in [0.29, 0.717) is 6.10 Å². The van der Waals surface area contributed by atoms with Crippen LogP contribution in [0, 0.1) is 0 Å². The fraction of sp³-hybridized carbons (Fsp3) is 0.294. The maximum atomic E-state index is 6.11. The van der Waals surface area contributed by atoms with Crippen molar-refractivity contribution in [2.75, 3.05) is 7.11 Å². The molecule has 2 aromatic rings. The van der Waals surface area contributed by atoms with Gasteiger partial charge in [-0.05, 0) is 41.7 Å². The molecule has 0 bridgehead atoms. The summed E-state index contributed by atoms with van der Waals surface area (Å²) in [6.45, 7) is 0. The fourth-order valence-corrected chi connectivity index (χ4v) is 3.34. The molecule has 2 heteroatoms. The zero-order chi connectivity index (χ0) is 12.9. The van der Waals surface area contributed by atoms with Gasteiger partial charge in [-0.2, -0.15) is 0 Å². The van der Waals surface area contributed by atoms with Crippen LogP contribution in [-0.2, 0) is 16.8 Å².